The highest BCUT2D eigenvalue weighted by molar-refractivity contribution is 5.71. The van der Waals surface area contributed by atoms with Gasteiger partial charge >= 0.3 is 5.97 Å². The lowest BCUT2D eigenvalue weighted by atomic mass is 9.89. The van der Waals surface area contributed by atoms with Crippen molar-refractivity contribution >= 4 is 5.97 Å². The molecule has 18 heavy (non-hydrogen) atoms. The maximum atomic E-state index is 11.4. The van der Waals surface area contributed by atoms with E-state index in [9.17, 15) is 4.79 Å². The second kappa shape index (κ2) is 5.73. The first-order chi connectivity index (χ1) is 8.44. The van der Waals surface area contributed by atoms with Gasteiger partial charge in [0.1, 0.15) is 11.5 Å². The summed E-state index contributed by atoms with van der Waals surface area (Å²) in [4.78, 5) is 11.4. The molecule has 0 spiro atoms. The van der Waals surface area contributed by atoms with Crippen molar-refractivity contribution in [2.45, 2.75) is 18.9 Å². The molecule has 5 nitrogen and oxygen atoms in total. The Bertz CT molecular complexity index is 429. The zero-order valence-corrected chi connectivity index (χ0v) is 11.1. The van der Waals surface area contributed by atoms with Crippen molar-refractivity contribution in [3.8, 4) is 11.5 Å². The van der Waals surface area contributed by atoms with Gasteiger partial charge in [-0.25, -0.2) is 0 Å². The van der Waals surface area contributed by atoms with E-state index >= 15 is 0 Å². The van der Waals surface area contributed by atoms with Gasteiger partial charge in [-0.3, -0.25) is 4.79 Å². The van der Waals surface area contributed by atoms with Crippen LogP contribution in [0.2, 0.25) is 0 Å². The van der Waals surface area contributed by atoms with Crippen LogP contribution in [-0.4, -0.2) is 27.3 Å². The molecule has 0 aliphatic carbocycles. The molecule has 0 saturated heterocycles. The van der Waals surface area contributed by atoms with E-state index in [1.807, 2.05) is 0 Å². The molecule has 0 heterocycles. The van der Waals surface area contributed by atoms with Crippen LogP contribution in [-0.2, 0) is 15.1 Å². The van der Waals surface area contributed by atoms with Crippen molar-refractivity contribution in [2.24, 2.45) is 5.73 Å². The van der Waals surface area contributed by atoms with Crippen LogP contribution in [0.5, 0.6) is 11.5 Å². The second-order valence-electron chi connectivity index (χ2n) is 4.24. The number of esters is 1. The first-order valence-corrected chi connectivity index (χ1v) is 5.53. The quantitative estimate of drug-likeness (QED) is 0.804. The summed E-state index contributed by atoms with van der Waals surface area (Å²) in [5.74, 6) is 0.905. The van der Waals surface area contributed by atoms with Crippen LogP contribution < -0.4 is 15.2 Å². The highest BCUT2D eigenvalue weighted by atomic mass is 16.5. The standard InChI is InChI=1S/C13H19NO4/c1-13(14,8-12(15)18-4)10-7-9(16-2)5-6-11(10)17-3/h5-7H,8,14H2,1-4H3. The van der Waals surface area contributed by atoms with E-state index < -0.39 is 5.54 Å². The lowest BCUT2D eigenvalue weighted by Gasteiger charge is -2.26. The summed E-state index contributed by atoms with van der Waals surface area (Å²) >= 11 is 0. The third-order valence-electron chi connectivity index (χ3n) is 2.76. The molecule has 0 amide bonds. The van der Waals surface area contributed by atoms with E-state index in [-0.39, 0.29) is 12.4 Å². The third kappa shape index (κ3) is 3.13. The number of rotatable bonds is 5. The van der Waals surface area contributed by atoms with E-state index in [1.54, 1.807) is 39.3 Å². The average Bonchev–Trinajstić information content (AvgIpc) is 2.37. The number of ether oxygens (including phenoxy) is 3. The highest BCUT2D eigenvalue weighted by Gasteiger charge is 2.29. The number of benzene rings is 1. The zero-order chi connectivity index (χ0) is 13.8. The predicted molar refractivity (Wildman–Crippen MR) is 67.7 cm³/mol. The maximum absolute atomic E-state index is 11.4. The minimum atomic E-state index is -0.882. The van der Waals surface area contributed by atoms with Gasteiger partial charge < -0.3 is 19.9 Å². The summed E-state index contributed by atoms with van der Waals surface area (Å²) in [7, 11) is 4.46. The predicted octanol–water partition coefficient (Wildman–Crippen LogP) is 1.44. The van der Waals surface area contributed by atoms with Crippen molar-refractivity contribution in [1.29, 1.82) is 0 Å². The molecular formula is C13H19NO4. The van der Waals surface area contributed by atoms with E-state index in [2.05, 4.69) is 4.74 Å². The molecule has 1 aromatic carbocycles. The van der Waals surface area contributed by atoms with Gasteiger partial charge in [-0.15, -0.1) is 0 Å². The zero-order valence-electron chi connectivity index (χ0n) is 11.1. The molecule has 0 radical (unpaired) electrons. The summed E-state index contributed by atoms with van der Waals surface area (Å²) in [5.41, 5.74) is 6.00. The summed E-state index contributed by atoms with van der Waals surface area (Å²) in [6, 6.07) is 5.30. The minimum Gasteiger partial charge on any atom is -0.497 e. The Kier molecular flexibility index (Phi) is 4.55. The van der Waals surface area contributed by atoms with Crippen LogP contribution in [0.15, 0.2) is 18.2 Å². The lowest BCUT2D eigenvalue weighted by molar-refractivity contribution is -0.142. The number of methoxy groups -OCH3 is 3. The van der Waals surface area contributed by atoms with E-state index in [0.29, 0.717) is 17.1 Å². The first kappa shape index (κ1) is 14.3. The molecule has 0 bridgehead atoms. The maximum Gasteiger partial charge on any atom is 0.307 e. The number of carbonyl (C=O) groups is 1. The SMILES string of the molecule is COC(=O)CC(C)(N)c1cc(OC)ccc1OC. The summed E-state index contributed by atoms with van der Waals surface area (Å²) in [6.07, 6.45) is 0.0625. The molecule has 1 rings (SSSR count). The Morgan fingerprint density at radius 3 is 2.44 bits per heavy atom. The van der Waals surface area contributed by atoms with Gasteiger partial charge in [0.05, 0.1) is 33.3 Å². The van der Waals surface area contributed by atoms with Gasteiger partial charge in [0, 0.05) is 5.56 Å². The summed E-state index contributed by atoms with van der Waals surface area (Å²) in [6.45, 7) is 1.75. The lowest BCUT2D eigenvalue weighted by Crippen LogP contribution is -2.36. The monoisotopic (exact) mass is 253 g/mol. The molecule has 2 N–H and O–H groups in total. The topological polar surface area (TPSA) is 70.8 Å². The van der Waals surface area contributed by atoms with Crippen molar-refractivity contribution in [1.82, 2.24) is 0 Å². The number of carbonyl (C=O) groups excluding carboxylic acids is 1. The minimum absolute atomic E-state index is 0.0625. The molecule has 5 heteroatoms. The molecule has 0 aliphatic rings. The van der Waals surface area contributed by atoms with Crippen molar-refractivity contribution in [3.63, 3.8) is 0 Å². The Hall–Kier alpha value is -1.75. The Balaban J connectivity index is 3.15. The van der Waals surface area contributed by atoms with Gasteiger partial charge in [-0.1, -0.05) is 0 Å². The fourth-order valence-corrected chi connectivity index (χ4v) is 1.73. The molecule has 1 unspecified atom stereocenters. The molecule has 0 saturated carbocycles. The fourth-order valence-electron chi connectivity index (χ4n) is 1.73. The van der Waals surface area contributed by atoms with E-state index in [4.69, 9.17) is 15.2 Å². The van der Waals surface area contributed by atoms with Gasteiger partial charge in [0.15, 0.2) is 0 Å². The summed E-state index contributed by atoms with van der Waals surface area (Å²) < 4.78 is 15.1. The number of hydrogen-bond donors (Lipinski definition) is 1. The van der Waals surface area contributed by atoms with Crippen LogP contribution in [0.25, 0.3) is 0 Å². The van der Waals surface area contributed by atoms with E-state index in [0.717, 1.165) is 0 Å². The molecule has 1 aromatic rings. The Morgan fingerprint density at radius 2 is 1.94 bits per heavy atom. The fraction of sp³-hybridized carbons (Fsp3) is 0.462. The first-order valence-electron chi connectivity index (χ1n) is 5.53. The van der Waals surface area contributed by atoms with Crippen LogP contribution in [0, 0.1) is 0 Å². The van der Waals surface area contributed by atoms with Crippen LogP contribution >= 0.6 is 0 Å². The molecule has 0 aliphatic heterocycles. The Morgan fingerprint density at radius 1 is 1.28 bits per heavy atom. The molecule has 1 atom stereocenters. The smallest absolute Gasteiger partial charge is 0.307 e. The molecule has 0 aromatic heterocycles. The Labute approximate surface area is 107 Å². The van der Waals surface area contributed by atoms with Crippen molar-refractivity contribution in [3.05, 3.63) is 23.8 Å². The molecular weight excluding hydrogens is 234 g/mol. The van der Waals surface area contributed by atoms with Gasteiger partial charge in [0.25, 0.3) is 0 Å². The molecule has 0 fully saturated rings. The molecule has 100 valence electrons. The van der Waals surface area contributed by atoms with Gasteiger partial charge in [-0.05, 0) is 25.1 Å². The van der Waals surface area contributed by atoms with E-state index in [1.165, 1.54) is 7.11 Å². The van der Waals surface area contributed by atoms with Crippen LogP contribution in [0.3, 0.4) is 0 Å². The highest BCUT2D eigenvalue weighted by Crippen LogP contribution is 2.33. The van der Waals surface area contributed by atoms with Crippen molar-refractivity contribution in [2.75, 3.05) is 21.3 Å². The van der Waals surface area contributed by atoms with Crippen LogP contribution in [0.1, 0.15) is 18.9 Å². The normalized spacial score (nSPS) is 13.6. The number of hydrogen-bond acceptors (Lipinski definition) is 5. The summed E-state index contributed by atoms with van der Waals surface area (Å²) in [5, 5.41) is 0. The average molecular weight is 253 g/mol. The van der Waals surface area contributed by atoms with Crippen LogP contribution in [0.4, 0.5) is 0 Å². The largest absolute Gasteiger partial charge is 0.497 e. The second-order valence-corrected chi connectivity index (χ2v) is 4.24. The third-order valence-corrected chi connectivity index (χ3v) is 2.76. The van der Waals surface area contributed by atoms with Gasteiger partial charge in [0.2, 0.25) is 0 Å². The van der Waals surface area contributed by atoms with Crippen molar-refractivity contribution < 1.29 is 19.0 Å². The number of nitrogens with two attached hydrogens (primary N) is 1. The van der Waals surface area contributed by atoms with Gasteiger partial charge in [-0.2, -0.15) is 0 Å².